The molecule has 2 heterocycles. The lowest BCUT2D eigenvalue weighted by atomic mass is 10.1. The molecule has 0 saturated heterocycles. The first-order valence-corrected chi connectivity index (χ1v) is 5.05. The number of hydrogen-bond acceptors (Lipinski definition) is 1. The summed E-state index contributed by atoms with van der Waals surface area (Å²) < 4.78 is 2.17. The Labute approximate surface area is 84.6 Å². The van der Waals surface area contributed by atoms with Crippen molar-refractivity contribution < 1.29 is 0 Å². The summed E-state index contributed by atoms with van der Waals surface area (Å²) in [5.74, 6) is 0.495. The van der Waals surface area contributed by atoms with Crippen LogP contribution in [0.15, 0.2) is 18.3 Å². The van der Waals surface area contributed by atoms with Crippen LogP contribution in [0.5, 0.6) is 0 Å². The molecule has 0 bridgehead atoms. The minimum Gasteiger partial charge on any atom is -0.304 e. The van der Waals surface area contributed by atoms with E-state index in [0.29, 0.717) is 5.92 Å². The molecule has 14 heavy (non-hydrogen) atoms. The van der Waals surface area contributed by atoms with Gasteiger partial charge >= 0.3 is 0 Å². The number of pyridine rings is 1. The molecule has 0 atom stereocenters. The van der Waals surface area contributed by atoms with Gasteiger partial charge in [-0.1, -0.05) is 19.9 Å². The Bertz CT molecular complexity index is 466. The predicted molar refractivity (Wildman–Crippen MR) is 58.8 cm³/mol. The maximum atomic E-state index is 4.67. The summed E-state index contributed by atoms with van der Waals surface area (Å²) in [6.07, 6.45) is 2.08. The minimum absolute atomic E-state index is 0.495. The van der Waals surface area contributed by atoms with Gasteiger partial charge in [0.2, 0.25) is 0 Å². The van der Waals surface area contributed by atoms with E-state index in [0.717, 1.165) is 5.65 Å². The number of nitrogens with zero attached hydrogens (tertiary/aromatic N) is 2. The lowest BCUT2D eigenvalue weighted by Gasteiger charge is -2.01. The highest BCUT2D eigenvalue weighted by atomic mass is 15.0. The zero-order chi connectivity index (χ0) is 10.3. The first-order chi connectivity index (χ1) is 6.61. The number of aromatic nitrogens is 2. The Balaban J connectivity index is 2.80. The van der Waals surface area contributed by atoms with E-state index >= 15 is 0 Å². The van der Waals surface area contributed by atoms with Crippen molar-refractivity contribution >= 4 is 5.65 Å². The van der Waals surface area contributed by atoms with Crippen LogP contribution >= 0.6 is 0 Å². The van der Waals surface area contributed by atoms with Gasteiger partial charge < -0.3 is 4.40 Å². The number of hydrogen-bond donors (Lipinski definition) is 0. The van der Waals surface area contributed by atoms with E-state index in [-0.39, 0.29) is 0 Å². The molecule has 0 unspecified atom stereocenters. The molecule has 0 radical (unpaired) electrons. The minimum atomic E-state index is 0.495. The van der Waals surface area contributed by atoms with Crippen molar-refractivity contribution in [2.75, 3.05) is 0 Å². The van der Waals surface area contributed by atoms with Crippen LogP contribution in [0, 0.1) is 13.8 Å². The standard InChI is InChI=1S/C12H16N2/c1-8(2)11-10(4)14-7-5-6-9(3)12(14)13-11/h5-8H,1-4H3. The molecular weight excluding hydrogens is 172 g/mol. The van der Waals surface area contributed by atoms with Crippen molar-refractivity contribution in [3.63, 3.8) is 0 Å². The summed E-state index contributed by atoms with van der Waals surface area (Å²) >= 11 is 0. The normalized spacial score (nSPS) is 11.5. The van der Waals surface area contributed by atoms with Gasteiger partial charge in [0.1, 0.15) is 5.65 Å². The molecule has 0 amide bonds. The van der Waals surface area contributed by atoms with Crippen molar-refractivity contribution in [1.82, 2.24) is 9.38 Å². The van der Waals surface area contributed by atoms with Gasteiger partial charge in [-0.2, -0.15) is 0 Å². The first kappa shape index (κ1) is 9.25. The van der Waals surface area contributed by atoms with Crippen LogP contribution in [-0.2, 0) is 0 Å². The Hall–Kier alpha value is -1.31. The van der Waals surface area contributed by atoms with Gasteiger partial charge in [-0.3, -0.25) is 0 Å². The largest absolute Gasteiger partial charge is 0.304 e. The van der Waals surface area contributed by atoms with Crippen LogP contribution in [0.2, 0.25) is 0 Å². The Morgan fingerprint density at radius 2 is 2.00 bits per heavy atom. The second kappa shape index (κ2) is 3.12. The van der Waals surface area contributed by atoms with Gasteiger partial charge in [0.25, 0.3) is 0 Å². The third-order valence-electron chi connectivity index (χ3n) is 2.67. The van der Waals surface area contributed by atoms with Gasteiger partial charge in [-0.25, -0.2) is 4.98 Å². The van der Waals surface area contributed by atoms with E-state index in [4.69, 9.17) is 0 Å². The van der Waals surface area contributed by atoms with Crippen LogP contribution in [0.3, 0.4) is 0 Å². The van der Waals surface area contributed by atoms with E-state index in [9.17, 15) is 0 Å². The molecule has 0 spiro atoms. The fraction of sp³-hybridized carbons (Fsp3) is 0.417. The fourth-order valence-electron chi connectivity index (χ4n) is 1.89. The van der Waals surface area contributed by atoms with E-state index in [1.165, 1.54) is 17.0 Å². The van der Waals surface area contributed by atoms with Gasteiger partial charge in [-0.05, 0) is 31.4 Å². The molecule has 0 aliphatic carbocycles. The van der Waals surface area contributed by atoms with E-state index in [1.54, 1.807) is 0 Å². The lowest BCUT2D eigenvalue weighted by molar-refractivity contribution is 0.821. The summed E-state index contributed by atoms with van der Waals surface area (Å²) in [6.45, 7) is 8.61. The third-order valence-corrected chi connectivity index (χ3v) is 2.67. The van der Waals surface area contributed by atoms with E-state index in [2.05, 4.69) is 55.4 Å². The molecule has 0 saturated carbocycles. The highest BCUT2D eigenvalue weighted by Gasteiger charge is 2.11. The molecule has 0 aromatic carbocycles. The van der Waals surface area contributed by atoms with Crippen molar-refractivity contribution in [2.45, 2.75) is 33.6 Å². The first-order valence-electron chi connectivity index (χ1n) is 5.05. The van der Waals surface area contributed by atoms with Crippen LogP contribution in [0.1, 0.15) is 36.7 Å². The summed E-state index contributed by atoms with van der Waals surface area (Å²) in [6, 6.07) is 4.17. The van der Waals surface area contributed by atoms with Crippen LogP contribution in [0.4, 0.5) is 0 Å². The highest BCUT2D eigenvalue weighted by molar-refractivity contribution is 5.50. The molecule has 0 fully saturated rings. The molecule has 2 nitrogen and oxygen atoms in total. The van der Waals surface area contributed by atoms with Crippen LogP contribution < -0.4 is 0 Å². The van der Waals surface area contributed by atoms with Crippen molar-refractivity contribution in [3.8, 4) is 0 Å². The topological polar surface area (TPSA) is 17.3 Å². The summed E-state index contributed by atoms with van der Waals surface area (Å²) in [7, 11) is 0. The zero-order valence-corrected chi connectivity index (χ0v) is 9.20. The number of aryl methyl sites for hydroxylation is 2. The lowest BCUT2D eigenvalue weighted by Crippen LogP contribution is -1.91. The molecule has 2 heteroatoms. The van der Waals surface area contributed by atoms with Crippen LogP contribution in [0.25, 0.3) is 5.65 Å². The Morgan fingerprint density at radius 3 is 2.57 bits per heavy atom. The van der Waals surface area contributed by atoms with Crippen molar-refractivity contribution in [1.29, 1.82) is 0 Å². The fourth-order valence-corrected chi connectivity index (χ4v) is 1.89. The van der Waals surface area contributed by atoms with Gasteiger partial charge in [0, 0.05) is 11.9 Å². The number of imidazole rings is 1. The SMILES string of the molecule is Cc1cccn2c(C)c(C(C)C)nc12. The molecule has 0 N–H and O–H groups in total. The molecule has 2 rings (SSSR count). The number of fused-ring (bicyclic) bond motifs is 1. The molecule has 0 aliphatic heterocycles. The van der Waals surface area contributed by atoms with Gasteiger partial charge in [0.15, 0.2) is 0 Å². The van der Waals surface area contributed by atoms with Crippen molar-refractivity contribution in [3.05, 3.63) is 35.3 Å². The molecule has 74 valence electrons. The van der Waals surface area contributed by atoms with Gasteiger partial charge in [-0.15, -0.1) is 0 Å². The highest BCUT2D eigenvalue weighted by Crippen LogP contribution is 2.21. The quantitative estimate of drug-likeness (QED) is 0.672. The smallest absolute Gasteiger partial charge is 0.140 e. The average molecular weight is 188 g/mol. The Kier molecular flexibility index (Phi) is 2.06. The Morgan fingerprint density at radius 1 is 1.29 bits per heavy atom. The second-order valence-electron chi connectivity index (χ2n) is 4.12. The van der Waals surface area contributed by atoms with E-state index < -0.39 is 0 Å². The maximum absolute atomic E-state index is 4.67. The number of rotatable bonds is 1. The molecular formula is C12H16N2. The average Bonchev–Trinajstić information content (AvgIpc) is 2.46. The zero-order valence-electron chi connectivity index (χ0n) is 9.20. The van der Waals surface area contributed by atoms with Crippen molar-refractivity contribution in [2.24, 2.45) is 0 Å². The summed E-state index contributed by atoms with van der Waals surface area (Å²) in [5, 5.41) is 0. The summed E-state index contributed by atoms with van der Waals surface area (Å²) in [4.78, 5) is 4.67. The molecule has 2 aromatic heterocycles. The van der Waals surface area contributed by atoms with Crippen LogP contribution in [-0.4, -0.2) is 9.38 Å². The second-order valence-corrected chi connectivity index (χ2v) is 4.12. The summed E-state index contributed by atoms with van der Waals surface area (Å²) in [5.41, 5.74) is 4.80. The van der Waals surface area contributed by atoms with E-state index in [1.807, 2.05) is 0 Å². The molecule has 2 aromatic rings. The van der Waals surface area contributed by atoms with Gasteiger partial charge in [0.05, 0.1) is 5.69 Å². The third kappa shape index (κ3) is 1.22. The molecule has 0 aliphatic rings. The maximum Gasteiger partial charge on any atom is 0.140 e. The monoisotopic (exact) mass is 188 g/mol. The predicted octanol–water partition coefficient (Wildman–Crippen LogP) is 3.07.